The van der Waals surface area contributed by atoms with Gasteiger partial charge in [-0.25, -0.2) is 0 Å². The van der Waals surface area contributed by atoms with Crippen molar-refractivity contribution in [1.82, 2.24) is 0 Å². The van der Waals surface area contributed by atoms with Crippen molar-refractivity contribution in [3.8, 4) is 0 Å². The predicted molar refractivity (Wildman–Crippen MR) is 90.5 cm³/mol. The van der Waals surface area contributed by atoms with Crippen LogP contribution >= 0.6 is 0 Å². The molecule has 1 saturated carbocycles. The number of fused-ring (bicyclic) bond motifs is 1. The number of carbonyl (C=O) groups excluding carboxylic acids is 1. The molecule has 2 aliphatic carbocycles. The summed E-state index contributed by atoms with van der Waals surface area (Å²) in [5.74, 6) is 0.279. The summed E-state index contributed by atoms with van der Waals surface area (Å²) in [6.07, 6.45) is 7.68. The van der Waals surface area contributed by atoms with E-state index in [9.17, 15) is 4.79 Å². The molecule has 0 saturated heterocycles. The van der Waals surface area contributed by atoms with E-state index < -0.39 is 8.32 Å². The molecule has 2 rings (SSSR count). The zero-order valence-corrected chi connectivity index (χ0v) is 15.7. The van der Waals surface area contributed by atoms with E-state index in [-0.39, 0.29) is 22.7 Å². The van der Waals surface area contributed by atoms with Crippen molar-refractivity contribution in [3.05, 3.63) is 23.3 Å². The van der Waals surface area contributed by atoms with Gasteiger partial charge in [-0.1, -0.05) is 36.6 Å². The average molecular weight is 307 g/mol. The summed E-state index contributed by atoms with van der Waals surface area (Å²) in [4.78, 5) is 12.9. The molecule has 1 fully saturated rings. The molecule has 21 heavy (non-hydrogen) atoms. The fourth-order valence-corrected chi connectivity index (χ4v) is 4.91. The number of allylic oxidation sites excluding steroid dienone is 4. The van der Waals surface area contributed by atoms with Crippen LogP contribution in [-0.2, 0) is 9.22 Å². The van der Waals surface area contributed by atoms with Gasteiger partial charge in [-0.3, -0.25) is 4.79 Å². The maximum Gasteiger partial charge on any atom is 0.299 e. The molecule has 0 aromatic rings. The minimum Gasteiger partial charge on any atom is -0.519 e. The van der Waals surface area contributed by atoms with Crippen molar-refractivity contribution in [2.45, 2.75) is 66.6 Å². The average Bonchev–Trinajstić information content (AvgIpc) is 2.33. The Kier molecular flexibility index (Phi) is 4.03. The van der Waals surface area contributed by atoms with Gasteiger partial charge in [-0.15, -0.1) is 0 Å². The Hall–Kier alpha value is -0.833. The second-order valence-corrected chi connectivity index (χ2v) is 12.8. The molecule has 2 nitrogen and oxygen atoms in total. The Labute approximate surface area is 130 Å². The first-order valence-corrected chi connectivity index (χ1v) is 11.5. The molecule has 0 radical (unpaired) electrons. The van der Waals surface area contributed by atoms with Crippen molar-refractivity contribution in [2.24, 2.45) is 16.7 Å². The highest BCUT2D eigenvalue weighted by Crippen LogP contribution is 2.58. The number of rotatable bonds is 2. The summed E-state index contributed by atoms with van der Waals surface area (Å²) in [7, 11) is -1.85. The predicted octanol–water partition coefficient (Wildman–Crippen LogP) is 5.08. The van der Waals surface area contributed by atoms with E-state index in [1.165, 1.54) is 17.6 Å². The molecule has 0 spiro atoms. The molecular weight excluding hydrogens is 276 g/mol. The largest absolute Gasteiger partial charge is 0.519 e. The minimum atomic E-state index is -1.85. The number of carbonyl (C=O) groups is 1. The lowest BCUT2D eigenvalue weighted by Crippen LogP contribution is -2.51. The lowest BCUT2D eigenvalue weighted by molar-refractivity contribution is -0.153. The fraction of sp³-hybridized carbons (Fsp3) is 0.722. The van der Waals surface area contributed by atoms with Crippen LogP contribution in [0.5, 0.6) is 0 Å². The summed E-state index contributed by atoms with van der Waals surface area (Å²) < 4.78 is 5.89. The molecule has 0 aliphatic heterocycles. The van der Waals surface area contributed by atoms with Crippen LogP contribution in [-0.4, -0.2) is 14.3 Å². The summed E-state index contributed by atoms with van der Waals surface area (Å²) in [5.41, 5.74) is 2.52. The van der Waals surface area contributed by atoms with Gasteiger partial charge >= 0.3 is 0 Å². The SMILES string of the molecule is CC1=C(C)[C@@]2(C)CCC[C@](C)(C(=O)O[Si](C)(C)C)C2C=C1. The van der Waals surface area contributed by atoms with Crippen molar-refractivity contribution in [3.63, 3.8) is 0 Å². The van der Waals surface area contributed by atoms with Crippen LogP contribution in [0, 0.1) is 16.7 Å². The minimum absolute atomic E-state index is 0.0228. The van der Waals surface area contributed by atoms with Crippen LogP contribution in [0.4, 0.5) is 0 Å². The maximum atomic E-state index is 12.9. The lowest BCUT2D eigenvalue weighted by atomic mass is 9.52. The summed E-state index contributed by atoms with van der Waals surface area (Å²) in [6, 6.07) is 0. The molecule has 0 N–H and O–H groups in total. The van der Waals surface area contributed by atoms with Gasteiger partial charge in [0, 0.05) is 5.92 Å². The molecule has 2 aliphatic rings. The smallest absolute Gasteiger partial charge is 0.299 e. The molecule has 118 valence electrons. The maximum absolute atomic E-state index is 12.9. The van der Waals surface area contributed by atoms with E-state index in [0.29, 0.717) is 0 Å². The summed E-state index contributed by atoms with van der Waals surface area (Å²) in [6.45, 7) is 15.1. The van der Waals surface area contributed by atoms with Crippen LogP contribution in [0.25, 0.3) is 0 Å². The standard InChI is InChI=1S/C18H30O2Si/c1-13-9-10-15-17(3,14(13)2)11-8-12-18(15,4)16(19)20-21(5,6)7/h9-10,15H,8,11-12H2,1-7H3/t15?,17-,18+/m1/s1. The van der Waals surface area contributed by atoms with Crippen LogP contribution in [0.1, 0.15) is 47.0 Å². The van der Waals surface area contributed by atoms with Gasteiger partial charge in [-0.2, -0.15) is 0 Å². The monoisotopic (exact) mass is 306 g/mol. The van der Waals surface area contributed by atoms with Crippen molar-refractivity contribution in [1.29, 1.82) is 0 Å². The highest BCUT2D eigenvalue weighted by Gasteiger charge is 2.54. The van der Waals surface area contributed by atoms with Crippen molar-refractivity contribution in [2.75, 3.05) is 0 Å². The molecule has 0 amide bonds. The first-order valence-electron chi connectivity index (χ1n) is 8.10. The summed E-state index contributed by atoms with van der Waals surface area (Å²) >= 11 is 0. The normalized spacial score (nSPS) is 36.4. The molecule has 3 atom stereocenters. The van der Waals surface area contributed by atoms with Gasteiger partial charge in [0.15, 0.2) is 0 Å². The Morgan fingerprint density at radius 1 is 1.24 bits per heavy atom. The molecule has 0 bridgehead atoms. The molecule has 0 aromatic heterocycles. The van der Waals surface area contributed by atoms with Gasteiger partial charge < -0.3 is 4.43 Å². The highest BCUT2D eigenvalue weighted by atomic mass is 28.4. The first kappa shape index (κ1) is 16.5. The molecule has 0 heterocycles. The van der Waals surface area contributed by atoms with E-state index >= 15 is 0 Å². The van der Waals surface area contributed by atoms with Crippen LogP contribution < -0.4 is 0 Å². The molecule has 3 heteroatoms. The number of hydrogen-bond acceptors (Lipinski definition) is 2. The lowest BCUT2D eigenvalue weighted by Gasteiger charge is -2.52. The van der Waals surface area contributed by atoms with E-state index in [1.807, 2.05) is 0 Å². The topological polar surface area (TPSA) is 26.3 Å². The van der Waals surface area contributed by atoms with Crippen LogP contribution in [0.15, 0.2) is 23.3 Å². The van der Waals surface area contributed by atoms with E-state index in [1.54, 1.807) is 0 Å². The van der Waals surface area contributed by atoms with Gasteiger partial charge in [0.2, 0.25) is 8.32 Å². The Morgan fingerprint density at radius 2 is 1.86 bits per heavy atom. The fourth-order valence-electron chi connectivity index (χ4n) is 4.12. The second-order valence-electron chi connectivity index (χ2n) is 8.34. The second kappa shape index (κ2) is 5.11. The van der Waals surface area contributed by atoms with E-state index in [4.69, 9.17) is 4.43 Å². The Bertz CT molecular complexity index is 512. The van der Waals surface area contributed by atoms with Gasteiger partial charge in [0.25, 0.3) is 5.97 Å². The quantitative estimate of drug-likeness (QED) is 0.665. The third-order valence-electron chi connectivity index (χ3n) is 5.62. The first-order chi connectivity index (χ1) is 9.51. The van der Waals surface area contributed by atoms with E-state index in [2.05, 4.69) is 59.5 Å². The molecule has 0 aromatic carbocycles. The molecule has 1 unspecified atom stereocenters. The van der Waals surface area contributed by atoms with E-state index in [0.717, 1.165) is 12.8 Å². The number of hydrogen-bond donors (Lipinski definition) is 0. The summed E-state index contributed by atoms with van der Waals surface area (Å²) in [5, 5.41) is 0. The Balaban J connectivity index is 2.38. The Morgan fingerprint density at radius 3 is 2.43 bits per heavy atom. The van der Waals surface area contributed by atoms with Gasteiger partial charge in [-0.05, 0) is 58.7 Å². The zero-order valence-electron chi connectivity index (χ0n) is 14.7. The van der Waals surface area contributed by atoms with Crippen molar-refractivity contribution < 1.29 is 9.22 Å². The van der Waals surface area contributed by atoms with Crippen LogP contribution in [0.2, 0.25) is 19.6 Å². The van der Waals surface area contributed by atoms with Gasteiger partial charge in [0.05, 0.1) is 5.41 Å². The third kappa shape index (κ3) is 2.77. The zero-order chi connectivity index (χ0) is 16.1. The highest BCUT2D eigenvalue weighted by molar-refractivity contribution is 6.71. The third-order valence-corrected chi connectivity index (χ3v) is 6.41. The van der Waals surface area contributed by atoms with Crippen molar-refractivity contribution >= 4 is 14.3 Å². The molecular formula is C18H30O2Si. The van der Waals surface area contributed by atoms with Gasteiger partial charge in [0.1, 0.15) is 0 Å². The van der Waals surface area contributed by atoms with Crippen LogP contribution in [0.3, 0.4) is 0 Å².